The zero-order chi connectivity index (χ0) is 14.4. The Labute approximate surface area is 123 Å². The van der Waals surface area contributed by atoms with Gasteiger partial charge in [-0.1, -0.05) is 13.3 Å². The molecule has 1 aromatic heterocycles. The van der Waals surface area contributed by atoms with Crippen molar-refractivity contribution in [1.82, 2.24) is 10.3 Å². The van der Waals surface area contributed by atoms with E-state index in [9.17, 15) is 4.79 Å². The topological polar surface area (TPSA) is 71.5 Å². The zero-order valence-electron chi connectivity index (χ0n) is 11.8. The number of carbonyl (C=O) groups is 1. The second kappa shape index (κ2) is 7.71. The number of aliphatic hydroxyl groups excluding tert-OH is 1. The van der Waals surface area contributed by atoms with Gasteiger partial charge in [-0.25, -0.2) is 4.98 Å². The lowest BCUT2D eigenvalue weighted by atomic mass is 10.0. The van der Waals surface area contributed by atoms with Crippen molar-refractivity contribution in [2.75, 3.05) is 19.8 Å². The molecular weight excluding hydrogens is 276 g/mol. The third kappa shape index (κ3) is 4.01. The molecule has 20 heavy (non-hydrogen) atoms. The van der Waals surface area contributed by atoms with Crippen LogP contribution in [0.25, 0.3) is 0 Å². The average molecular weight is 298 g/mol. The fourth-order valence-corrected chi connectivity index (χ4v) is 3.15. The van der Waals surface area contributed by atoms with Crippen LogP contribution in [0.2, 0.25) is 0 Å². The lowest BCUT2D eigenvalue weighted by Crippen LogP contribution is -2.29. The van der Waals surface area contributed by atoms with Crippen LogP contribution in [0.5, 0.6) is 0 Å². The molecule has 2 N–H and O–H groups in total. The van der Waals surface area contributed by atoms with E-state index in [0.717, 1.165) is 37.3 Å². The van der Waals surface area contributed by atoms with E-state index in [0.29, 0.717) is 18.2 Å². The Morgan fingerprint density at radius 1 is 1.70 bits per heavy atom. The van der Waals surface area contributed by atoms with Crippen LogP contribution in [-0.2, 0) is 4.74 Å². The first kappa shape index (κ1) is 15.4. The van der Waals surface area contributed by atoms with E-state index in [2.05, 4.69) is 17.2 Å². The highest BCUT2D eigenvalue weighted by Gasteiger charge is 2.22. The molecule has 1 aromatic rings. The highest BCUT2D eigenvalue weighted by atomic mass is 32.1. The zero-order valence-corrected chi connectivity index (χ0v) is 12.6. The fraction of sp³-hybridized carbons (Fsp3) is 0.714. The predicted octanol–water partition coefficient (Wildman–Crippen LogP) is 2.13. The molecule has 1 aliphatic heterocycles. The van der Waals surface area contributed by atoms with Gasteiger partial charge in [-0.15, -0.1) is 11.3 Å². The molecule has 112 valence electrons. The number of ether oxygens (including phenoxy) is 1. The van der Waals surface area contributed by atoms with E-state index in [1.807, 2.05) is 0 Å². The summed E-state index contributed by atoms with van der Waals surface area (Å²) in [4.78, 5) is 16.4. The SMILES string of the molecule is CCC(CCO)CNC(=O)c1csc(C2CCCO2)n1. The number of amides is 1. The largest absolute Gasteiger partial charge is 0.396 e. The van der Waals surface area contributed by atoms with Gasteiger partial charge >= 0.3 is 0 Å². The number of hydrogen-bond acceptors (Lipinski definition) is 5. The second-order valence-corrected chi connectivity index (χ2v) is 5.96. The smallest absolute Gasteiger partial charge is 0.270 e. The molecule has 1 aliphatic rings. The van der Waals surface area contributed by atoms with Crippen LogP contribution in [0.15, 0.2) is 5.38 Å². The first-order chi connectivity index (χ1) is 9.74. The summed E-state index contributed by atoms with van der Waals surface area (Å²) in [7, 11) is 0. The van der Waals surface area contributed by atoms with Crippen molar-refractivity contribution in [2.24, 2.45) is 5.92 Å². The molecule has 5 nitrogen and oxygen atoms in total. The predicted molar refractivity (Wildman–Crippen MR) is 77.9 cm³/mol. The lowest BCUT2D eigenvalue weighted by Gasteiger charge is -2.13. The van der Waals surface area contributed by atoms with Crippen LogP contribution in [-0.4, -0.2) is 35.8 Å². The summed E-state index contributed by atoms with van der Waals surface area (Å²) in [5.41, 5.74) is 0.472. The van der Waals surface area contributed by atoms with Gasteiger partial charge in [0.15, 0.2) is 0 Å². The van der Waals surface area contributed by atoms with Crippen molar-refractivity contribution < 1.29 is 14.6 Å². The Balaban J connectivity index is 1.86. The van der Waals surface area contributed by atoms with Crippen molar-refractivity contribution in [3.63, 3.8) is 0 Å². The summed E-state index contributed by atoms with van der Waals surface area (Å²) in [6.07, 6.45) is 3.78. The fourth-order valence-electron chi connectivity index (χ4n) is 2.27. The normalized spacial score (nSPS) is 20.0. The highest BCUT2D eigenvalue weighted by molar-refractivity contribution is 7.09. The number of rotatable bonds is 7. The minimum absolute atomic E-state index is 0.0688. The van der Waals surface area contributed by atoms with E-state index >= 15 is 0 Å². The summed E-state index contributed by atoms with van der Waals surface area (Å²) >= 11 is 1.49. The van der Waals surface area contributed by atoms with Crippen LogP contribution < -0.4 is 5.32 Å². The number of thiazole rings is 1. The van der Waals surface area contributed by atoms with Gasteiger partial charge in [0.25, 0.3) is 5.91 Å². The van der Waals surface area contributed by atoms with E-state index in [1.165, 1.54) is 11.3 Å². The molecule has 0 saturated carbocycles. The lowest BCUT2D eigenvalue weighted by molar-refractivity contribution is 0.0936. The molecule has 2 heterocycles. The third-order valence-corrected chi connectivity index (χ3v) is 4.56. The Hall–Kier alpha value is -0.980. The molecule has 0 aliphatic carbocycles. The van der Waals surface area contributed by atoms with Gasteiger partial charge in [0.1, 0.15) is 16.8 Å². The van der Waals surface area contributed by atoms with Gasteiger partial charge in [0, 0.05) is 25.1 Å². The van der Waals surface area contributed by atoms with Crippen LogP contribution in [0.1, 0.15) is 54.2 Å². The van der Waals surface area contributed by atoms with Crippen LogP contribution in [0, 0.1) is 5.92 Å². The molecule has 0 bridgehead atoms. The number of hydrogen-bond donors (Lipinski definition) is 2. The van der Waals surface area contributed by atoms with Crippen LogP contribution >= 0.6 is 11.3 Å². The Morgan fingerprint density at radius 2 is 2.55 bits per heavy atom. The third-order valence-electron chi connectivity index (χ3n) is 3.63. The molecule has 1 saturated heterocycles. The summed E-state index contributed by atoms with van der Waals surface area (Å²) in [5.74, 6) is 0.183. The van der Waals surface area contributed by atoms with E-state index in [1.54, 1.807) is 5.38 Å². The van der Waals surface area contributed by atoms with Crippen molar-refractivity contribution in [1.29, 1.82) is 0 Å². The second-order valence-electron chi connectivity index (χ2n) is 5.07. The maximum Gasteiger partial charge on any atom is 0.270 e. The number of aliphatic hydroxyl groups is 1. The molecule has 1 fully saturated rings. The summed E-state index contributed by atoms with van der Waals surface area (Å²) in [5, 5.41) is 14.5. The van der Waals surface area contributed by atoms with Gasteiger partial charge in [-0.3, -0.25) is 4.79 Å². The quantitative estimate of drug-likeness (QED) is 0.809. The van der Waals surface area contributed by atoms with Gasteiger partial charge in [0.05, 0.1) is 0 Å². The van der Waals surface area contributed by atoms with Gasteiger partial charge in [-0.05, 0) is 25.2 Å². The molecule has 2 rings (SSSR count). The minimum Gasteiger partial charge on any atom is -0.396 e. The number of nitrogens with zero attached hydrogens (tertiary/aromatic N) is 1. The van der Waals surface area contributed by atoms with Gasteiger partial charge in [-0.2, -0.15) is 0 Å². The van der Waals surface area contributed by atoms with Crippen molar-refractivity contribution >= 4 is 17.2 Å². The molecule has 0 spiro atoms. The number of carbonyl (C=O) groups excluding carboxylic acids is 1. The Morgan fingerprint density at radius 3 is 3.20 bits per heavy atom. The van der Waals surface area contributed by atoms with E-state index in [-0.39, 0.29) is 18.6 Å². The van der Waals surface area contributed by atoms with E-state index < -0.39 is 0 Å². The number of aromatic nitrogens is 1. The first-order valence-corrected chi connectivity index (χ1v) is 8.08. The molecule has 0 radical (unpaired) electrons. The molecule has 2 unspecified atom stereocenters. The van der Waals surface area contributed by atoms with Crippen LogP contribution in [0.3, 0.4) is 0 Å². The van der Waals surface area contributed by atoms with Gasteiger partial charge in [0.2, 0.25) is 0 Å². The average Bonchev–Trinajstić information content (AvgIpc) is 3.12. The molecule has 1 amide bonds. The molecule has 0 aromatic carbocycles. The summed E-state index contributed by atoms with van der Waals surface area (Å²) in [6, 6.07) is 0. The summed E-state index contributed by atoms with van der Waals surface area (Å²) in [6.45, 7) is 3.59. The van der Waals surface area contributed by atoms with Crippen molar-refractivity contribution in [3.8, 4) is 0 Å². The molecule has 6 heteroatoms. The van der Waals surface area contributed by atoms with Gasteiger partial charge < -0.3 is 15.2 Å². The van der Waals surface area contributed by atoms with Crippen molar-refractivity contribution in [3.05, 3.63) is 16.1 Å². The number of nitrogens with one attached hydrogen (secondary N) is 1. The first-order valence-electron chi connectivity index (χ1n) is 7.20. The standard InChI is InChI=1S/C14H22N2O3S/c1-2-10(5-6-17)8-15-13(18)11-9-20-14(16-11)12-4-3-7-19-12/h9-10,12,17H,2-8H2,1H3,(H,15,18). The van der Waals surface area contributed by atoms with E-state index in [4.69, 9.17) is 9.84 Å². The molecular formula is C14H22N2O3S. The maximum atomic E-state index is 12.0. The highest BCUT2D eigenvalue weighted by Crippen LogP contribution is 2.30. The van der Waals surface area contributed by atoms with Crippen molar-refractivity contribution in [2.45, 2.75) is 38.7 Å². The van der Waals surface area contributed by atoms with Crippen LogP contribution in [0.4, 0.5) is 0 Å². The Bertz CT molecular complexity index is 430. The minimum atomic E-state index is -0.137. The Kier molecular flexibility index (Phi) is 5.94. The maximum absolute atomic E-state index is 12.0. The monoisotopic (exact) mass is 298 g/mol. The summed E-state index contributed by atoms with van der Waals surface area (Å²) < 4.78 is 5.57. The molecule has 2 atom stereocenters.